The van der Waals surface area contributed by atoms with Gasteiger partial charge in [0.1, 0.15) is 0 Å². The van der Waals surface area contributed by atoms with Gasteiger partial charge in [0.2, 0.25) is 10.0 Å². The number of sulfonamides is 1. The van der Waals surface area contributed by atoms with Crippen LogP contribution < -0.4 is 4.72 Å². The summed E-state index contributed by atoms with van der Waals surface area (Å²) < 4.78 is 34.4. The van der Waals surface area contributed by atoms with E-state index < -0.39 is 15.6 Å². The van der Waals surface area contributed by atoms with Crippen molar-refractivity contribution in [2.24, 2.45) is 0 Å². The lowest BCUT2D eigenvalue weighted by Crippen LogP contribution is -2.54. The van der Waals surface area contributed by atoms with E-state index in [1.54, 1.807) is 12.1 Å². The Morgan fingerprint density at radius 2 is 1.90 bits per heavy atom. The van der Waals surface area contributed by atoms with Gasteiger partial charge in [-0.1, -0.05) is 15.9 Å². The van der Waals surface area contributed by atoms with Crippen LogP contribution in [0, 0.1) is 6.92 Å². The summed E-state index contributed by atoms with van der Waals surface area (Å²) in [4.78, 5) is 0.152. The minimum Gasteiger partial charge on any atom is -0.394 e. The molecule has 0 aliphatic carbocycles. The summed E-state index contributed by atoms with van der Waals surface area (Å²) >= 11 is 6.64. The topological polar surface area (TPSA) is 75.6 Å². The molecule has 1 fully saturated rings. The van der Waals surface area contributed by atoms with Crippen LogP contribution in [-0.4, -0.2) is 38.9 Å². The highest BCUT2D eigenvalue weighted by Gasteiger charge is 2.37. The quantitative estimate of drug-likeness (QED) is 0.750. The van der Waals surface area contributed by atoms with Gasteiger partial charge in [0.05, 0.1) is 17.0 Å². The van der Waals surface area contributed by atoms with E-state index in [1.807, 2.05) is 6.92 Å². The Labute approximate surface area is 141 Å². The van der Waals surface area contributed by atoms with Crippen LogP contribution in [0.2, 0.25) is 0 Å². The van der Waals surface area contributed by atoms with Crippen molar-refractivity contribution in [3.05, 3.63) is 26.6 Å². The van der Waals surface area contributed by atoms with Crippen LogP contribution >= 0.6 is 31.9 Å². The highest BCUT2D eigenvalue weighted by molar-refractivity contribution is 9.11. The number of nitrogens with one attached hydrogen (secondary N) is 1. The summed E-state index contributed by atoms with van der Waals surface area (Å²) in [5.74, 6) is 0. The molecule has 0 aromatic heterocycles. The first-order valence-electron chi connectivity index (χ1n) is 6.48. The zero-order valence-electron chi connectivity index (χ0n) is 11.5. The van der Waals surface area contributed by atoms with Crippen LogP contribution in [0.15, 0.2) is 26.0 Å². The van der Waals surface area contributed by atoms with E-state index in [2.05, 4.69) is 36.6 Å². The number of benzene rings is 1. The fourth-order valence-corrected chi connectivity index (χ4v) is 5.36. The molecule has 0 saturated carbocycles. The Kier molecular flexibility index (Phi) is 5.49. The molecule has 5 nitrogen and oxygen atoms in total. The maximum Gasteiger partial charge on any atom is 0.242 e. The second-order valence-corrected chi connectivity index (χ2v) is 8.55. The fourth-order valence-electron chi connectivity index (χ4n) is 2.23. The van der Waals surface area contributed by atoms with Crippen molar-refractivity contribution in [2.75, 3.05) is 19.8 Å². The first kappa shape index (κ1) is 17.4. The highest BCUT2D eigenvalue weighted by Crippen LogP contribution is 2.31. The maximum atomic E-state index is 12.6. The van der Waals surface area contributed by atoms with Crippen LogP contribution in [0.1, 0.15) is 18.4 Å². The number of aliphatic hydroxyl groups is 1. The molecule has 0 unspecified atom stereocenters. The second kappa shape index (κ2) is 6.64. The van der Waals surface area contributed by atoms with Gasteiger partial charge in [-0.2, -0.15) is 0 Å². The fraction of sp³-hybridized carbons (Fsp3) is 0.538. The predicted molar refractivity (Wildman–Crippen MR) is 86.8 cm³/mol. The molecule has 1 heterocycles. The summed E-state index contributed by atoms with van der Waals surface area (Å²) in [6.07, 6.45) is 0.904. The molecule has 0 amide bonds. The average Bonchev–Trinajstić information content (AvgIpc) is 2.43. The number of hydrogen-bond donors (Lipinski definition) is 2. The first-order valence-corrected chi connectivity index (χ1v) is 9.55. The van der Waals surface area contributed by atoms with Crippen molar-refractivity contribution in [1.29, 1.82) is 0 Å². The molecule has 0 atom stereocenters. The summed E-state index contributed by atoms with van der Waals surface area (Å²) in [5, 5.41) is 9.62. The molecule has 1 aliphatic rings. The van der Waals surface area contributed by atoms with Crippen molar-refractivity contribution in [1.82, 2.24) is 4.72 Å². The van der Waals surface area contributed by atoms with E-state index in [0.717, 1.165) is 10.0 Å². The van der Waals surface area contributed by atoms with Gasteiger partial charge >= 0.3 is 0 Å². The molecule has 8 heteroatoms. The van der Waals surface area contributed by atoms with Gasteiger partial charge in [-0.15, -0.1) is 0 Å². The van der Waals surface area contributed by atoms with Crippen molar-refractivity contribution >= 4 is 41.9 Å². The number of ether oxygens (including phenoxy) is 1. The lowest BCUT2D eigenvalue weighted by Gasteiger charge is -2.36. The molecule has 2 rings (SSSR count). The molecule has 0 radical (unpaired) electrons. The molecule has 1 aliphatic heterocycles. The van der Waals surface area contributed by atoms with E-state index in [1.165, 1.54) is 0 Å². The zero-order chi connectivity index (χ0) is 15.7. The molecular weight excluding hydrogens is 426 g/mol. The molecule has 0 spiro atoms. The van der Waals surface area contributed by atoms with Gasteiger partial charge in [0.25, 0.3) is 0 Å². The van der Waals surface area contributed by atoms with Crippen LogP contribution in [0.5, 0.6) is 0 Å². The second-order valence-electron chi connectivity index (χ2n) is 5.19. The van der Waals surface area contributed by atoms with E-state index in [-0.39, 0.29) is 11.5 Å². The third kappa shape index (κ3) is 3.86. The Balaban J connectivity index is 2.36. The Bertz CT molecular complexity index is 627. The van der Waals surface area contributed by atoms with Gasteiger partial charge in [-0.05, 0) is 53.4 Å². The number of aryl methyl sites for hydroxylation is 1. The largest absolute Gasteiger partial charge is 0.394 e. The minimum atomic E-state index is -3.74. The third-order valence-electron chi connectivity index (χ3n) is 3.61. The lowest BCUT2D eigenvalue weighted by atomic mass is 9.93. The number of halogens is 2. The Morgan fingerprint density at radius 1 is 1.29 bits per heavy atom. The lowest BCUT2D eigenvalue weighted by molar-refractivity contribution is 0.0223. The van der Waals surface area contributed by atoms with Crippen LogP contribution in [0.25, 0.3) is 0 Å². The summed E-state index contributed by atoms with van der Waals surface area (Å²) in [6.45, 7) is 2.50. The SMILES string of the molecule is Cc1cc(Br)c(S(=O)(=O)NC2(CO)CCOCC2)cc1Br. The summed E-state index contributed by atoms with van der Waals surface area (Å²) in [7, 11) is -3.74. The average molecular weight is 443 g/mol. The van der Waals surface area contributed by atoms with Gasteiger partial charge in [-0.3, -0.25) is 0 Å². The van der Waals surface area contributed by atoms with Crippen LogP contribution in [0.4, 0.5) is 0 Å². The van der Waals surface area contributed by atoms with Crippen molar-refractivity contribution < 1.29 is 18.3 Å². The first-order chi connectivity index (χ1) is 9.80. The van der Waals surface area contributed by atoms with E-state index in [9.17, 15) is 13.5 Å². The molecular formula is C13H17Br2NO4S. The third-order valence-corrected chi connectivity index (χ3v) is 7.00. The number of aliphatic hydroxyl groups excluding tert-OH is 1. The molecule has 2 N–H and O–H groups in total. The van der Waals surface area contributed by atoms with Gasteiger partial charge in [0.15, 0.2) is 0 Å². The molecule has 118 valence electrons. The molecule has 21 heavy (non-hydrogen) atoms. The summed E-state index contributed by atoms with van der Waals surface area (Å²) in [5.41, 5.74) is 0.0808. The number of rotatable bonds is 4. The van der Waals surface area contributed by atoms with E-state index >= 15 is 0 Å². The van der Waals surface area contributed by atoms with Gasteiger partial charge in [0, 0.05) is 22.2 Å². The zero-order valence-corrected chi connectivity index (χ0v) is 15.5. The Morgan fingerprint density at radius 3 is 2.48 bits per heavy atom. The van der Waals surface area contributed by atoms with Gasteiger partial charge in [-0.25, -0.2) is 13.1 Å². The monoisotopic (exact) mass is 441 g/mol. The molecule has 1 saturated heterocycles. The van der Waals surface area contributed by atoms with Crippen LogP contribution in [0.3, 0.4) is 0 Å². The van der Waals surface area contributed by atoms with Crippen molar-refractivity contribution in [2.45, 2.75) is 30.2 Å². The summed E-state index contributed by atoms with van der Waals surface area (Å²) in [6, 6.07) is 3.31. The predicted octanol–water partition coefficient (Wildman–Crippen LogP) is 2.34. The van der Waals surface area contributed by atoms with Crippen molar-refractivity contribution in [3.8, 4) is 0 Å². The van der Waals surface area contributed by atoms with Crippen molar-refractivity contribution in [3.63, 3.8) is 0 Å². The molecule has 1 aromatic carbocycles. The number of hydrogen-bond acceptors (Lipinski definition) is 4. The van der Waals surface area contributed by atoms with E-state index in [0.29, 0.717) is 30.5 Å². The molecule has 0 bridgehead atoms. The standard InChI is InChI=1S/C13H17Br2NO4S/c1-9-6-11(15)12(7-10(9)14)21(18,19)16-13(8-17)2-4-20-5-3-13/h6-7,16-17H,2-5,8H2,1H3. The Hall–Kier alpha value is 0.01000. The van der Waals surface area contributed by atoms with Crippen LogP contribution in [-0.2, 0) is 14.8 Å². The molecule has 1 aromatic rings. The highest BCUT2D eigenvalue weighted by atomic mass is 79.9. The van der Waals surface area contributed by atoms with E-state index in [4.69, 9.17) is 4.74 Å². The minimum absolute atomic E-state index is 0.152. The smallest absolute Gasteiger partial charge is 0.242 e. The maximum absolute atomic E-state index is 12.6. The normalized spacial score (nSPS) is 18.7. The van der Waals surface area contributed by atoms with Gasteiger partial charge < -0.3 is 9.84 Å².